The lowest BCUT2D eigenvalue weighted by molar-refractivity contribution is 0.0950. The van der Waals surface area contributed by atoms with Gasteiger partial charge in [0.05, 0.1) is 24.1 Å². The molecule has 0 radical (unpaired) electrons. The molecule has 8 nitrogen and oxygen atoms in total. The van der Waals surface area contributed by atoms with Crippen LogP contribution in [-0.4, -0.2) is 50.8 Å². The van der Waals surface area contributed by atoms with Crippen molar-refractivity contribution in [1.29, 1.82) is 0 Å². The van der Waals surface area contributed by atoms with Crippen LogP contribution < -0.4 is 10.1 Å². The number of nitrogens with one attached hydrogen (secondary N) is 1. The first kappa shape index (κ1) is 26.9. The van der Waals surface area contributed by atoms with Gasteiger partial charge in [0, 0.05) is 20.1 Å². The van der Waals surface area contributed by atoms with Crippen molar-refractivity contribution in [2.45, 2.75) is 51.2 Å². The first-order chi connectivity index (χ1) is 17.7. The summed E-state index contributed by atoms with van der Waals surface area (Å²) in [4.78, 5) is 15.4. The molecule has 1 aromatic heterocycles. The van der Waals surface area contributed by atoms with Crippen molar-refractivity contribution < 1.29 is 22.4 Å². The summed E-state index contributed by atoms with van der Waals surface area (Å²) in [6.07, 6.45) is 3.90. The second-order valence-electron chi connectivity index (χ2n) is 9.64. The van der Waals surface area contributed by atoms with Crippen LogP contribution in [0.4, 0.5) is 0 Å². The highest BCUT2D eigenvalue weighted by atomic mass is 32.2. The van der Waals surface area contributed by atoms with E-state index in [1.165, 1.54) is 36.0 Å². The number of amides is 1. The zero-order chi connectivity index (χ0) is 26.6. The molecule has 9 heteroatoms. The minimum absolute atomic E-state index is 0.000990. The third-order valence-electron chi connectivity index (χ3n) is 6.71. The molecule has 1 N–H and O–H groups in total. The second-order valence-corrected chi connectivity index (χ2v) is 11.6. The topological polar surface area (TPSA) is 92.1 Å². The van der Waals surface area contributed by atoms with E-state index in [0.29, 0.717) is 34.7 Å². The van der Waals surface area contributed by atoms with Gasteiger partial charge < -0.3 is 14.5 Å². The van der Waals surface area contributed by atoms with Gasteiger partial charge in [-0.3, -0.25) is 9.69 Å². The minimum Gasteiger partial charge on any atom is -0.497 e. The fraction of sp³-hybridized carbons (Fsp3) is 0.393. The van der Waals surface area contributed by atoms with Gasteiger partial charge in [-0.15, -0.1) is 0 Å². The highest BCUT2D eigenvalue weighted by Crippen LogP contribution is 2.28. The molecule has 0 bridgehead atoms. The van der Waals surface area contributed by atoms with E-state index in [4.69, 9.17) is 9.15 Å². The van der Waals surface area contributed by atoms with Crippen LogP contribution in [0.3, 0.4) is 0 Å². The Morgan fingerprint density at radius 1 is 1.05 bits per heavy atom. The molecule has 1 fully saturated rings. The molecule has 0 atom stereocenters. The largest absolute Gasteiger partial charge is 0.497 e. The summed E-state index contributed by atoms with van der Waals surface area (Å²) >= 11 is 0. The van der Waals surface area contributed by atoms with Crippen molar-refractivity contribution in [2.75, 3.05) is 27.2 Å². The van der Waals surface area contributed by atoms with Crippen molar-refractivity contribution in [3.8, 4) is 5.75 Å². The Kier molecular flexibility index (Phi) is 8.36. The molecule has 0 spiro atoms. The average molecular weight is 526 g/mol. The predicted molar refractivity (Wildman–Crippen MR) is 142 cm³/mol. The Hall–Kier alpha value is -3.14. The molecule has 1 saturated heterocycles. The number of likely N-dealkylation sites (tertiary alicyclic amines) is 1. The number of benzene rings is 2. The summed E-state index contributed by atoms with van der Waals surface area (Å²) in [5, 5.41) is 2.90. The molecule has 37 heavy (non-hydrogen) atoms. The van der Waals surface area contributed by atoms with E-state index in [1.54, 1.807) is 39.2 Å². The van der Waals surface area contributed by atoms with Crippen molar-refractivity contribution in [1.82, 2.24) is 14.5 Å². The maximum atomic E-state index is 13.3. The maximum Gasteiger partial charge on any atom is 0.254 e. The zero-order valence-corrected chi connectivity index (χ0v) is 22.7. The van der Waals surface area contributed by atoms with E-state index in [0.717, 1.165) is 25.2 Å². The Morgan fingerprint density at radius 3 is 2.30 bits per heavy atom. The summed E-state index contributed by atoms with van der Waals surface area (Å²) in [5.74, 6) is 0.714. The lowest BCUT2D eigenvalue weighted by Crippen LogP contribution is -2.27. The zero-order valence-electron chi connectivity index (χ0n) is 21.9. The number of carbonyl (C=O) groups excluding carboxylic acids is 1. The van der Waals surface area contributed by atoms with Crippen LogP contribution in [0.15, 0.2) is 58.0 Å². The average Bonchev–Trinajstić information content (AvgIpc) is 3.55. The van der Waals surface area contributed by atoms with Crippen molar-refractivity contribution in [2.24, 2.45) is 0 Å². The van der Waals surface area contributed by atoms with Crippen LogP contribution in [-0.2, 0) is 29.7 Å². The number of carbonyl (C=O) groups is 1. The van der Waals surface area contributed by atoms with Crippen LogP contribution in [0.25, 0.3) is 0 Å². The monoisotopic (exact) mass is 525 g/mol. The third-order valence-corrected chi connectivity index (χ3v) is 8.82. The van der Waals surface area contributed by atoms with Gasteiger partial charge in [0.2, 0.25) is 10.0 Å². The molecule has 2 heterocycles. The summed E-state index contributed by atoms with van der Waals surface area (Å²) in [6.45, 7) is 7.16. The van der Waals surface area contributed by atoms with Crippen LogP contribution in [0.1, 0.15) is 51.2 Å². The number of ether oxygens (including phenoxy) is 1. The molecular weight excluding hydrogens is 490 g/mol. The Labute approximate surface area is 219 Å². The molecule has 0 unspecified atom stereocenters. The number of hydrogen-bond donors (Lipinski definition) is 1. The van der Waals surface area contributed by atoms with Crippen LogP contribution in [0.2, 0.25) is 0 Å². The molecule has 1 aliphatic heterocycles. The van der Waals surface area contributed by atoms with E-state index in [-0.39, 0.29) is 17.3 Å². The lowest BCUT2D eigenvalue weighted by atomic mass is 10.1. The quantitative estimate of drug-likeness (QED) is 0.426. The predicted octanol–water partition coefficient (Wildman–Crippen LogP) is 4.25. The summed E-state index contributed by atoms with van der Waals surface area (Å²) < 4.78 is 38.5. The fourth-order valence-electron chi connectivity index (χ4n) is 4.72. The Morgan fingerprint density at radius 2 is 1.68 bits per heavy atom. The number of methoxy groups -OCH3 is 1. The molecule has 4 rings (SSSR count). The highest BCUT2D eigenvalue weighted by molar-refractivity contribution is 7.89. The SMILES string of the molecule is COc1cc(C)c(S(=O)(=O)N(C)Cc2cc(C(=O)NCc3ccc(CN4CCCC4)cc3)co2)c(C)c1. The third kappa shape index (κ3) is 6.41. The van der Waals surface area contributed by atoms with E-state index >= 15 is 0 Å². The summed E-state index contributed by atoms with van der Waals surface area (Å²) in [6, 6.07) is 13.3. The molecule has 1 amide bonds. The number of furan rings is 1. The van der Waals surface area contributed by atoms with Crippen molar-refractivity contribution in [3.63, 3.8) is 0 Å². The van der Waals surface area contributed by atoms with E-state index in [1.807, 2.05) is 12.1 Å². The van der Waals surface area contributed by atoms with E-state index in [2.05, 4.69) is 22.3 Å². The molecule has 1 aliphatic rings. The van der Waals surface area contributed by atoms with Gasteiger partial charge >= 0.3 is 0 Å². The molecule has 2 aromatic carbocycles. The van der Waals surface area contributed by atoms with Crippen LogP contribution in [0, 0.1) is 13.8 Å². The summed E-state index contributed by atoms with van der Waals surface area (Å²) in [7, 11) is -0.737. The van der Waals surface area contributed by atoms with Gasteiger partial charge in [-0.05, 0) is 80.2 Å². The van der Waals surface area contributed by atoms with Crippen LogP contribution in [0.5, 0.6) is 5.75 Å². The van der Waals surface area contributed by atoms with E-state index < -0.39 is 10.0 Å². The number of aryl methyl sites for hydroxylation is 2. The maximum absolute atomic E-state index is 13.3. The van der Waals surface area contributed by atoms with Crippen molar-refractivity contribution >= 4 is 15.9 Å². The lowest BCUT2D eigenvalue weighted by Gasteiger charge is -2.19. The van der Waals surface area contributed by atoms with Crippen molar-refractivity contribution in [3.05, 3.63) is 82.3 Å². The van der Waals surface area contributed by atoms with Gasteiger partial charge in [-0.2, -0.15) is 4.31 Å². The Balaban J connectivity index is 1.34. The van der Waals surface area contributed by atoms with Gasteiger partial charge in [-0.1, -0.05) is 24.3 Å². The highest BCUT2D eigenvalue weighted by Gasteiger charge is 2.26. The second kappa shape index (κ2) is 11.5. The standard InChI is InChI=1S/C28H35N3O5S/c1-20-13-25(35-4)14-21(2)27(20)37(33,34)30(3)18-26-15-24(19-36-26)28(32)29-16-22-7-9-23(10-8-22)17-31-11-5-6-12-31/h7-10,13-15,19H,5-6,11-12,16-18H2,1-4H3,(H,29,32). The molecular formula is C28H35N3O5S. The first-order valence-corrected chi connectivity index (χ1v) is 13.9. The normalized spacial score (nSPS) is 14.3. The molecule has 198 valence electrons. The number of hydrogen-bond acceptors (Lipinski definition) is 6. The number of sulfonamides is 1. The van der Waals surface area contributed by atoms with Gasteiger partial charge in [0.1, 0.15) is 17.8 Å². The van der Waals surface area contributed by atoms with Crippen LogP contribution >= 0.6 is 0 Å². The smallest absolute Gasteiger partial charge is 0.254 e. The molecule has 0 saturated carbocycles. The molecule has 0 aliphatic carbocycles. The van der Waals surface area contributed by atoms with E-state index in [9.17, 15) is 13.2 Å². The summed E-state index contributed by atoms with van der Waals surface area (Å²) in [5.41, 5.74) is 3.84. The van der Waals surface area contributed by atoms with Gasteiger partial charge in [-0.25, -0.2) is 8.42 Å². The van der Waals surface area contributed by atoms with Gasteiger partial charge in [0.15, 0.2) is 0 Å². The Bertz CT molecular complexity index is 1320. The fourth-order valence-corrected chi connectivity index (χ4v) is 6.26. The number of rotatable bonds is 10. The molecule has 3 aromatic rings. The number of nitrogens with zero attached hydrogens (tertiary/aromatic N) is 2. The first-order valence-electron chi connectivity index (χ1n) is 12.4. The minimum atomic E-state index is -3.78. The van der Waals surface area contributed by atoms with Gasteiger partial charge in [0.25, 0.3) is 5.91 Å².